The van der Waals surface area contributed by atoms with Crippen LogP contribution in [0.4, 0.5) is 0 Å². The number of hydrogen-bond acceptors (Lipinski definition) is 7. The van der Waals surface area contributed by atoms with Gasteiger partial charge in [-0.25, -0.2) is 4.79 Å². The molecular weight excluding hydrogens is 479 g/mol. The van der Waals surface area contributed by atoms with Gasteiger partial charge >= 0.3 is 5.97 Å². The molecule has 0 amide bonds. The van der Waals surface area contributed by atoms with Crippen molar-refractivity contribution in [3.8, 4) is 0 Å². The van der Waals surface area contributed by atoms with Crippen molar-refractivity contribution in [2.75, 3.05) is 26.4 Å². The fourth-order valence-corrected chi connectivity index (χ4v) is 3.43. The summed E-state index contributed by atoms with van der Waals surface area (Å²) < 4.78 is 11.0. The normalized spacial score (nSPS) is 18.5. The standard InChI is InChI=1S/C8H10ClN3O3.C7H9BrClN3O/c9-7-6(8(13)14)10-12(11-7)5-1-3-15-4-2-5;8-6-7(9)11-12(10-6)5-1-3-13-4-2-5/h5H,1-4H2,(H,13,14);5H,1-4H2. The fraction of sp³-hybridized carbons (Fsp3) is 0.667. The monoisotopic (exact) mass is 496 g/mol. The predicted octanol–water partition coefficient (Wildman–Crippen LogP) is 3.03. The van der Waals surface area contributed by atoms with Gasteiger partial charge < -0.3 is 14.6 Å². The first kappa shape index (κ1) is 21.4. The molecule has 4 heterocycles. The van der Waals surface area contributed by atoms with Gasteiger partial charge in [0.2, 0.25) is 5.69 Å². The second-order valence-corrected chi connectivity index (χ2v) is 7.72. The van der Waals surface area contributed by atoms with Crippen molar-refractivity contribution >= 4 is 45.1 Å². The van der Waals surface area contributed by atoms with Crippen LogP contribution in [0.3, 0.4) is 0 Å². The molecule has 2 saturated heterocycles. The third kappa shape index (κ3) is 5.41. The maximum atomic E-state index is 10.7. The second-order valence-electron chi connectivity index (χ2n) is 6.25. The molecule has 2 aromatic rings. The molecule has 0 aliphatic carbocycles. The average molecular weight is 498 g/mol. The van der Waals surface area contributed by atoms with Crippen molar-refractivity contribution in [3.05, 3.63) is 20.6 Å². The average Bonchev–Trinajstić information content (AvgIpc) is 3.26. The van der Waals surface area contributed by atoms with E-state index in [9.17, 15) is 4.79 Å². The highest BCUT2D eigenvalue weighted by Crippen LogP contribution is 2.23. The van der Waals surface area contributed by atoms with Gasteiger partial charge in [0.05, 0.1) is 12.1 Å². The van der Waals surface area contributed by atoms with E-state index in [1.807, 2.05) is 0 Å². The highest BCUT2D eigenvalue weighted by atomic mass is 79.9. The van der Waals surface area contributed by atoms with Gasteiger partial charge in [-0.05, 0) is 41.6 Å². The molecule has 2 fully saturated rings. The summed E-state index contributed by atoms with van der Waals surface area (Å²) >= 11 is 14.7. The summed E-state index contributed by atoms with van der Waals surface area (Å²) in [6, 6.07) is 0.418. The summed E-state index contributed by atoms with van der Waals surface area (Å²) in [5.41, 5.74) is -0.192. The molecule has 13 heteroatoms. The largest absolute Gasteiger partial charge is 0.476 e. The van der Waals surface area contributed by atoms with E-state index in [1.54, 1.807) is 4.80 Å². The minimum Gasteiger partial charge on any atom is -0.476 e. The maximum absolute atomic E-state index is 10.7. The number of carboxylic acid groups (broad SMARTS) is 1. The molecule has 0 bridgehead atoms. The lowest BCUT2D eigenvalue weighted by molar-refractivity contribution is 0.0611. The topological polar surface area (TPSA) is 117 Å². The van der Waals surface area contributed by atoms with E-state index in [0.29, 0.717) is 29.0 Å². The van der Waals surface area contributed by atoms with Crippen molar-refractivity contribution in [3.63, 3.8) is 0 Å². The van der Waals surface area contributed by atoms with Gasteiger partial charge in [-0.3, -0.25) is 0 Å². The highest BCUT2D eigenvalue weighted by molar-refractivity contribution is 9.10. The molecule has 0 aromatic carbocycles. The van der Waals surface area contributed by atoms with E-state index in [2.05, 4.69) is 36.3 Å². The molecule has 0 spiro atoms. The summed E-state index contributed by atoms with van der Waals surface area (Å²) in [7, 11) is 0. The van der Waals surface area contributed by atoms with Crippen LogP contribution < -0.4 is 0 Å². The van der Waals surface area contributed by atoms with E-state index >= 15 is 0 Å². The molecule has 2 aliphatic heterocycles. The number of nitrogens with zero attached hydrogens (tertiary/aromatic N) is 6. The minimum atomic E-state index is -1.15. The van der Waals surface area contributed by atoms with Gasteiger partial charge in [0, 0.05) is 26.4 Å². The Morgan fingerprint density at radius 3 is 1.75 bits per heavy atom. The lowest BCUT2D eigenvalue weighted by atomic mass is 10.1. The number of aromatic nitrogens is 6. The third-order valence-electron chi connectivity index (χ3n) is 4.38. The molecule has 0 radical (unpaired) electrons. The summed E-state index contributed by atoms with van der Waals surface area (Å²) in [5, 5.41) is 25.1. The van der Waals surface area contributed by atoms with E-state index < -0.39 is 5.97 Å². The number of ether oxygens (including phenoxy) is 2. The number of hydrogen-bond donors (Lipinski definition) is 1. The van der Waals surface area contributed by atoms with Crippen LogP contribution in [-0.4, -0.2) is 67.5 Å². The van der Waals surface area contributed by atoms with Crippen molar-refractivity contribution in [2.24, 2.45) is 0 Å². The van der Waals surface area contributed by atoms with Crippen molar-refractivity contribution < 1.29 is 19.4 Å². The Kier molecular flexibility index (Phi) is 7.63. The number of carboxylic acids is 1. The number of rotatable bonds is 3. The Hall–Kier alpha value is -1.27. The first-order chi connectivity index (χ1) is 13.5. The molecule has 1 N–H and O–H groups in total. The van der Waals surface area contributed by atoms with Crippen LogP contribution in [0.2, 0.25) is 10.3 Å². The molecule has 2 aromatic heterocycles. The fourth-order valence-electron chi connectivity index (χ4n) is 2.88. The summed E-state index contributed by atoms with van der Waals surface area (Å²) in [4.78, 5) is 13.8. The number of halogens is 3. The lowest BCUT2D eigenvalue weighted by Crippen LogP contribution is -2.21. The predicted molar refractivity (Wildman–Crippen MR) is 103 cm³/mol. The molecule has 10 nitrogen and oxygen atoms in total. The van der Waals surface area contributed by atoms with E-state index in [0.717, 1.165) is 38.9 Å². The smallest absolute Gasteiger partial charge is 0.359 e. The van der Waals surface area contributed by atoms with Crippen molar-refractivity contribution in [1.82, 2.24) is 30.0 Å². The van der Waals surface area contributed by atoms with E-state index in [-0.39, 0.29) is 16.9 Å². The maximum Gasteiger partial charge on any atom is 0.359 e. The zero-order valence-corrected chi connectivity index (χ0v) is 17.9. The van der Waals surface area contributed by atoms with Crippen LogP contribution in [0.5, 0.6) is 0 Å². The SMILES string of the molecule is Clc1nn(C2CCOCC2)nc1Br.O=C(O)c1nn(C2CCOCC2)nc1Cl. The summed E-state index contributed by atoms with van der Waals surface area (Å²) in [6.07, 6.45) is 3.48. The lowest BCUT2D eigenvalue weighted by Gasteiger charge is -2.20. The molecule has 4 rings (SSSR count). The number of aromatic carboxylic acids is 1. The Morgan fingerprint density at radius 1 is 0.893 bits per heavy atom. The van der Waals surface area contributed by atoms with Gasteiger partial charge in [0.25, 0.3) is 0 Å². The van der Waals surface area contributed by atoms with Crippen LogP contribution in [0.1, 0.15) is 48.3 Å². The van der Waals surface area contributed by atoms with Gasteiger partial charge in [0.15, 0.2) is 14.9 Å². The highest BCUT2D eigenvalue weighted by Gasteiger charge is 2.22. The molecule has 0 saturated carbocycles. The van der Waals surface area contributed by atoms with Crippen LogP contribution in [0.15, 0.2) is 4.60 Å². The first-order valence-corrected chi connectivity index (χ1v) is 10.3. The van der Waals surface area contributed by atoms with Crippen LogP contribution in [-0.2, 0) is 9.47 Å². The summed E-state index contributed by atoms with van der Waals surface area (Å²) in [5.74, 6) is -1.15. The quantitative estimate of drug-likeness (QED) is 0.687. The number of carbonyl (C=O) groups is 1. The van der Waals surface area contributed by atoms with Crippen LogP contribution in [0, 0.1) is 0 Å². The second kappa shape index (κ2) is 9.97. The molecule has 28 heavy (non-hydrogen) atoms. The van der Waals surface area contributed by atoms with Gasteiger partial charge in [-0.1, -0.05) is 23.2 Å². The Bertz CT molecular complexity index is 785. The Labute approximate surface area is 179 Å². The molecule has 2 aliphatic rings. The Morgan fingerprint density at radius 2 is 1.36 bits per heavy atom. The zero-order chi connectivity index (χ0) is 20.1. The zero-order valence-electron chi connectivity index (χ0n) is 14.8. The van der Waals surface area contributed by atoms with Crippen molar-refractivity contribution in [2.45, 2.75) is 37.8 Å². The van der Waals surface area contributed by atoms with Gasteiger partial charge in [-0.15, -0.1) is 20.4 Å². The molecule has 154 valence electrons. The minimum absolute atomic E-state index is 0.0611. The van der Waals surface area contributed by atoms with E-state index in [4.69, 9.17) is 37.8 Å². The van der Waals surface area contributed by atoms with Crippen LogP contribution >= 0.6 is 39.1 Å². The van der Waals surface area contributed by atoms with Gasteiger partial charge in [0.1, 0.15) is 0 Å². The molecule has 0 atom stereocenters. The Balaban J connectivity index is 0.000000162. The third-order valence-corrected chi connectivity index (χ3v) is 5.65. The van der Waals surface area contributed by atoms with Gasteiger partial charge in [-0.2, -0.15) is 9.59 Å². The van der Waals surface area contributed by atoms with E-state index in [1.165, 1.54) is 4.80 Å². The molecular formula is C15H19BrCl2N6O4. The van der Waals surface area contributed by atoms with Crippen LogP contribution in [0.25, 0.3) is 0 Å². The summed E-state index contributed by atoms with van der Waals surface area (Å²) in [6.45, 7) is 2.85. The van der Waals surface area contributed by atoms with Crippen molar-refractivity contribution in [1.29, 1.82) is 0 Å². The molecule has 0 unspecified atom stereocenters. The first-order valence-electron chi connectivity index (χ1n) is 8.74.